The van der Waals surface area contributed by atoms with Gasteiger partial charge in [-0.05, 0) is 18.1 Å². The Kier molecular flexibility index (Phi) is 5.53. The predicted molar refractivity (Wildman–Crippen MR) is 108 cm³/mol. The van der Waals surface area contributed by atoms with E-state index in [2.05, 4.69) is 10.1 Å². The van der Waals surface area contributed by atoms with Crippen molar-refractivity contribution in [3.05, 3.63) is 89.3 Å². The van der Waals surface area contributed by atoms with Gasteiger partial charge in [-0.1, -0.05) is 65.8 Å². The Morgan fingerprint density at radius 3 is 2.04 bits per heavy atom. The molecule has 3 aromatic rings. The highest BCUT2D eigenvalue weighted by Crippen LogP contribution is 2.27. The Bertz CT molecular complexity index is 860. The molecule has 1 aromatic heterocycles. The summed E-state index contributed by atoms with van der Waals surface area (Å²) in [6, 6.07) is 22.1. The molecule has 0 unspecified atom stereocenters. The summed E-state index contributed by atoms with van der Waals surface area (Å²) in [4.78, 5) is 17.7. The van der Waals surface area contributed by atoms with Crippen LogP contribution in [-0.2, 0) is 11.3 Å². The molecule has 0 N–H and O–H groups in total. The zero-order valence-electron chi connectivity index (χ0n) is 16.1. The lowest BCUT2D eigenvalue weighted by atomic mass is 9.90. The summed E-state index contributed by atoms with van der Waals surface area (Å²) in [6.07, 6.45) is 0. The van der Waals surface area contributed by atoms with Crippen LogP contribution in [0.25, 0.3) is 0 Å². The van der Waals surface area contributed by atoms with E-state index in [9.17, 15) is 4.79 Å². The number of aryl methyl sites for hydroxylation is 1. The van der Waals surface area contributed by atoms with Gasteiger partial charge >= 0.3 is 0 Å². The summed E-state index contributed by atoms with van der Waals surface area (Å²) in [6.45, 7) is 5.79. The second kappa shape index (κ2) is 8.40. The largest absolute Gasteiger partial charge is 0.360 e. The van der Waals surface area contributed by atoms with Crippen LogP contribution in [0.15, 0.2) is 71.3 Å². The fourth-order valence-electron chi connectivity index (χ4n) is 3.79. The minimum Gasteiger partial charge on any atom is -0.360 e. The van der Waals surface area contributed by atoms with Crippen molar-refractivity contribution in [2.45, 2.75) is 19.4 Å². The van der Waals surface area contributed by atoms with Gasteiger partial charge in [-0.15, -0.1) is 0 Å². The van der Waals surface area contributed by atoms with Crippen LogP contribution in [0.5, 0.6) is 0 Å². The van der Waals surface area contributed by atoms with Crippen molar-refractivity contribution in [2.75, 3.05) is 26.2 Å². The molecule has 0 bridgehead atoms. The van der Waals surface area contributed by atoms with Crippen LogP contribution < -0.4 is 0 Å². The van der Waals surface area contributed by atoms with Crippen molar-refractivity contribution in [3.63, 3.8) is 0 Å². The first-order valence-corrected chi connectivity index (χ1v) is 9.74. The third-order valence-electron chi connectivity index (χ3n) is 5.25. The first kappa shape index (κ1) is 18.4. The molecule has 4 rings (SSSR count). The van der Waals surface area contributed by atoms with Crippen molar-refractivity contribution < 1.29 is 9.32 Å². The van der Waals surface area contributed by atoms with E-state index in [1.54, 1.807) is 0 Å². The molecule has 0 aliphatic carbocycles. The molecule has 1 aliphatic rings. The first-order valence-electron chi connectivity index (χ1n) is 9.74. The summed E-state index contributed by atoms with van der Waals surface area (Å²) in [5, 5.41) is 3.95. The number of hydrogen-bond donors (Lipinski definition) is 0. The SMILES string of the molecule is Cc1cc(CN2CCN(C(=O)C(c3ccccc3)c3ccccc3)CC2)on1. The number of aromatic nitrogens is 1. The molecule has 0 atom stereocenters. The van der Waals surface area contributed by atoms with Crippen LogP contribution >= 0.6 is 0 Å². The van der Waals surface area contributed by atoms with Gasteiger partial charge in [0.15, 0.2) is 5.76 Å². The number of carbonyl (C=O) groups is 1. The average Bonchev–Trinajstić information content (AvgIpc) is 3.15. The molecule has 1 aliphatic heterocycles. The quantitative estimate of drug-likeness (QED) is 0.685. The van der Waals surface area contributed by atoms with Gasteiger partial charge in [0.05, 0.1) is 18.2 Å². The average molecular weight is 375 g/mol. The summed E-state index contributed by atoms with van der Waals surface area (Å²) in [5.74, 6) is 0.794. The Morgan fingerprint density at radius 1 is 0.964 bits per heavy atom. The van der Waals surface area contributed by atoms with Crippen LogP contribution in [0, 0.1) is 6.92 Å². The number of hydrogen-bond acceptors (Lipinski definition) is 4. The molecular formula is C23H25N3O2. The molecule has 2 aromatic carbocycles. The van der Waals surface area contributed by atoms with Crippen LogP contribution in [0.2, 0.25) is 0 Å². The van der Waals surface area contributed by atoms with Crippen molar-refractivity contribution in [1.82, 2.24) is 15.0 Å². The smallest absolute Gasteiger partial charge is 0.234 e. The number of rotatable bonds is 5. The lowest BCUT2D eigenvalue weighted by Crippen LogP contribution is -2.49. The molecule has 144 valence electrons. The fraction of sp³-hybridized carbons (Fsp3) is 0.304. The highest BCUT2D eigenvalue weighted by molar-refractivity contribution is 5.87. The number of carbonyl (C=O) groups excluding carboxylic acids is 1. The van der Waals surface area contributed by atoms with Gasteiger partial charge in [-0.2, -0.15) is 0 Å². The van der Waals surface area contributed by atoms with E-state index in [1.165, 1.54) is 0 Å². The summed E-state index contributed by atoms with van der Waals surface area (Å²) in [7, 11) is 0. The first-order chi connectivity index (χ1) is 13.7. The predicted octanol–water partition coefficient (Wildman–Crippen LogP) is 3.46. The van der Waals surface area contributed by atoms with E-state index in [1.807, 2.05) is 78.6 Å². The summed E-state index contributed by atoms with van der Waals surface area (Å²) < 4.78 is 5.32. The monoisotopic (exact) mass is 375 g/mol. The van der Waals surface area contributed by atoms with Gasteiger partial charge in [0, 0.05) is 32.2 Å². The maximum absolute atomic E-state index is 13.4. The Morgan fingerprint density at radius 2 is 1.54 bits per heavy atom. The minimum atomic E-state index is -0.258. The Hall–Kier alpha value is -2.92. The Balaban J connectivity index is 1.46. The number of nitrogens with zero attached hydrogens (tertiary/aromatic N) is 3. The van der Waals surface area contributed by atoms with E-state index in [0.29, 0.717) is 0 Å². The van der Waals surface area contributed by atoms with Crippen molar-refractivity contribution >= 4 is 5.91 Å². The van der Waals surface area contributed by atoms with Crippen molar-refractivity contribution in [2.24, 2.45) is 0 Å². The lowest BCUT2D eigenvalue weighted by Gasteiger charge is -2.36. The standard InChI is InChI=1S/C23H25N3O2/c1-18-16-21(28-24-18)17-25-12-14-26(15-13-25)23(27)22(19-8-4-2-5-9-19)20-10-6-3-7-11-20/h2-11,16,22H,12-15,17H2,1H3. The van der Waals surface area contributed by atoms with E-state index < -0.39 is 0 Å². The Labute approximate surface area is 165 Å². The maximum atomic E-state index is 13.4. The zero-order valence-corrected chi connectivity index (χ0v) is 16.1. The highest BCUT2D eigenvalue weighted by Gasteiger charge is 2.29. The molecule has 2 heterocycles. The second-order valence-corrected chi connectivity index (χ2v) is 7.29. The second-order valence-electron chi connectivity index (χ2n) is 7.29. The van der Waals surface area contributed by atoms with E-state index in [-0.39, 0.29) is 11.8 Å². The molecule has 0 spiro atoms. The third kappa shape index (κ3) is 4.15. The van der Waals surface area contributed by atoms with Gasteiger partial charge in [0.1, 0.15) is 0 Å². The van der Waals surface area contributed by atoms with Crippen LogP contribution in [0.1, 0.15) is 28.5 Å². The van der Waals surface area contributed by atoms with Crippen LogP contribution in [0.4, 0.5) is 0 Å². The van der Waals surface area contributed by atoms with Gasteiger partial charge in [-0.3, -0.25) is 9.69 Å². The molecule has 0 radical (unpaired) electrons. The molecule has 1 fully saturated rings. The van der Waals surface area contributed by atoms with Gasteiger partial charge in [0.2, 0.25) is 5.91 Å². The molecular weight excluding hydrogens is 350 g/mol. The van der Waals surface area contributed by atoms with Gasteiger partial charge < -0.3 is 9.42 Å². The number of piperazine rings is 1. The minimum absolute atomic E-state index is 0.174. The third-order valence-corrected chi connectivity index (χ3v) is 5.25. The van der Waals surface area contributed by atoms with Crippen molar-refractivity contribution in [1.29, 1.82) is 0 Å². The highest BCUT2D eigenvalue weighted by atomic mass is 16.5. The number of amides is 1. The normalized spacial score (nSPS) is 15.1. The van der Waals surface area contributed by atoms with Crippen LogP contribution in [0.3, 0.4) is 0 Å². The van der Waals surface area contributed by atoms with E-state index in [0.717, 1.165) is 55.3 Å². The van der Waals surface area contributed by atoms with E-state index >= 15 is 0 Å². The summed E-state index contributed by atoms with van der Waals surface area (Å²) >= 11 is 0. The van der Waals surface area contributed by atoms with Crippen LogP contribution in [-0.4, -0.2) is 47.0 Å². The van der Waals surface area contributed by atoms with E-state index in [4.69, 9.17) is 4.52 Å². The molecule has 28 heavy (non-hydrogen) atoms. The zero-order chi connectivity index (χ0) is 19.3. The number of benzene rings is 2. The molecule has 0 saturated carbocycles. The summed E-state index contributed by atoms with van der Waals surface area (Å²) in [5.41, 5.74) is 2.98. The molecule has 5 nitrogen and oxygen atoms in total. The van der Waals surface area contributed by atoms with Gasteiger partial charge in [-0.25, -0.2) is 0 Å². The molecule has 1 amide bonds. The maximum Gasteiger partial charge on any atom is 0.234 e. The van der Waals surface area contributed by atoms with Crippen molar-refractivity contribution in [3.8, 4) is 0 Å². The molecule has 1 saturated heterocycles. The lowest BCUT2D eigenvalue weighted by molar-refractivity contribution is -0.133. The fourth-order valence-corrected chi connectivity index (χ4v) is 3.79. The molecule has 5 heteroatoms. The van der Waals surface area contributed by atoms with Gasteiger partial charge in [0.25, 0.3) is 0 Å². The topological polar surface area (TPSA) is 49.6 Å².